The van der Waals surface area contributed by atoms with E-state index in [9.17, 15) is 18.4 Å². The van der Waals surface area contributed by atoms with E-state index in [0.717, 1.165) is 27.2 Å². The van der Waals surface area contributed by atoms with E-state index in [0.29, 0.717) is 0 Å². The molecule has 5 nitrogen and oxygen atoms in total. The van der Waals surface area contributed by atoms with E-state index in [2.05, 4.69) is 0 Å². The van der Waals surface area contributed by atoms with E-state index in [4.69, 9.17) is 9.47 Å². The van der Waals surface area contributed by atoms with Gasteiger partial charge in [0.25, 0.3) is 0 Å². The van der Waals surface area contributed by atoms with Gasteiger partial charge in [-0.05, 0) is 22.3 Å². The van der Waals surface area contributed by atoms with E-state index >= 15 is 0 Å². The maximum Gasteiger partial charge on any atom is 0.410 e. The lowest BCUT2D eigenvalue weighted by Gasteiger charge is -2.22. The highest BCUT2D eigenvalue weighted by atomic mass is 19.3. The maximum atomic E-state index is 13.3. The first-order chi connectivity index (χ1) is 14.1. The van der Waals surface area contributed by atoms with Crippen LogP contribution < -0.4 is 0 Å². The molecule has 150 valence electrons. The maximum absolute atomic E-state index is 13.3. The third-order valence-corrected chi connectivity index (χ3v) is 6.12. The monoisotopic (exact) mass is 399 g/mol. The van der Waals surface area contributed by atoms with Crippen LogP contribution in [0.2, 0.25) is 0 Å². The van der Waals surface area contributed by atoms with Crippen molar-refractivity contribution < 1.29 is 27.8 Å². The van der Waals surface area contributed by atoms with Crippen LogP contribution in [0.1, 0.15) is 17.0 Å². The summed E-state index contributed by atoms with van der Waals surface area (Å²) >= 11 is 0. The number of rotatable bonds is 3. The molecule has 2 heterocycles. The minimum Gasteiger partial charge on any atom is -0.448 e. The third kappa shape index (κ3) is 2.83. The molecule has 5 rings (SSSR count). The molecule has 0 N–H and O–H groups in total. The Balaban J connectivity index is 1.36. The number of carbonyl (C=O) groups is 2. The van der Waals surface area contributed by atoms with E-state index in [1.165, 1.54) is 0 Å². The van der Waals surface area contributed by atoms with E-state index in [1.807, 2.05) is 48.5 Å². The number of hydrogen-bond donors (Lipinski definition) is 0. The van der Waals surface area contributed by atoms with Crippen LogP contribution in [0.3, 0.4) is 0 Å². The topological polar surface area (TPSA) is 55.8 Å². The number of alkyl halides is 2. The number of benzene rings is 2. The largest absolute Gasteiger partial charge is 0.448 e. The second-order valence-corrected chi connectivity index (χ2v) is 7.64. The lowest BCUT2D eigenvalue weighted by Crippen LogP contribution is -2.42. The lowest BCUT2D eigenvalue weighted by atomic mass is 9.98. The van der Waals surface area contributed by atoms with Gasteiger partial charge in [0.05, 0.1) is 12.0 Å². The molecular weight excluding hydrogens is 380 g/mol. The van der Waals surface area contributed by atoms with Crippen LogP contribution in [-0.4, -0.2) is 55.1 Å². The van der Waals surface area contributed by atoms with Crippen LogP contribution in [0.4, 0.5) is 13.6 Å². The Hall–Kier alpha value is -2.80. The number of nitrogens with zero attached hydrogens (tertiary/aromatic N) is 1. The lowest BCUT2D eigenvalue weighted by molar-refractivity contribution is -0.121. The fourth-order valence-electron chi connectivity index (χ4n) is 4.78. The Morgan fingerprint density at radius 2 is 1.72 bits per heavy atom. The first-order valence-corrected chi connectivity index (χ1v) is 9.60. The minimum absolute atomic E-state index is 0.0785. The van der Waals surface area contributed by atoms with Gasteiger partial charge in [0, 0.05) is 12.5 Å². The number of carbonyl (C=O) groups excluding carboxylic acids is 2. The van der Waals surface area contributed by atoms with Gasteiger partial charge >= 0.3 is 6.09 Å². The number of hydrogen-bond acceptors (Lipinski definition) is 4. The number of Topliss-reactive ketones (excluding diaryl/α,β-unsaturated/α-hetero) is 1. The van der Waals surface area contributed by atoms with Crippen molar-refractivity contribution in [3.05, 3.63) is 59.7 Å². The first kappa shape index (κ1) is 18.2. The van der Waals surface area contributed by atoms with Gasteiger partial charge in [-0.15, -0.1) is 0 Å². The van der Waals surface area contributed by atoms with Crippen molar-refractivity contribution in [3.8, 4) is 11.1 Å². The highest BCUT2D eigenvalue weighted by Gasteiger charge is 2.55. The Bertz CT molecular complexity index is 933. The molecular formula is C22H19F2NO4. The summed E-state index contributed by atoms with van der Waals surface area (Å²) in [5.74, 6) is -1.66. The molecule has 0 bridgehead atoms. The molecule has 2 saturated heterocycles. The molecule has 2 fully saturated rings. The van der Waals surface area contributed by atoms with Crippen LogP contribution in [0.25, 0.3) is 11.1 Å². The Morgan fingerprint density at radius 3 is 2.34 bits per heavy atom. The Morgan fingerprint density at radius 1 is 1.10 bits per heavy atom. The zero-order valence-corrected chi connectivity index (χ0v) is 15.5. The highest BCUT2D eigenvalue weighted by molar-refractivity contribution is 5.91. The molecule has 1 amide bonds. The van der Waals surface area contributed by atoms with Crippen LogP contribution >= 0.6 is 0 Å². The summed E-state index contributed by atoms with van der Waals surface area (Å²) in [6.07, 6.45) is -4.37. The summed E-state index contributed by atoms with van der Waals surface area (Å²) in [6, 6.07) is 14.9. The number of amides is 1. The van der Waals surface area contributed by atoms with Crippen LogP contribution in [0.5, 0.6) is 0 Å². The molecule has 1 aliphatic carbocycles. The highest BCUT2D eigenvalue weighted by Crippen LogP contribution is 2.44. The van der Waals surface area contributed by atoms with Crippen LogP contribution in [0, 0.1) is 5.92 Å². The average molecular weight is 399 g/mol. The molecule has 29 heavy (non-hydrogen) atoms. The van der Waals surface area contributed by atoms with E-state index in [-0.39, 0.29) is 31.5 Å². The predicted octanol–water partition coefficient (Wildman–Crippen LogP) is 3.47. The molecule has 0 unspecified atom stereocenters. The second-order valence-electron chi connectivity index (χ2n) is 7.64. The summed E-state index contributed by atoms with van der Waals surface area (Å²) in [5.41, 5.74) is 4.32. The van der Waals surface area contributed by atoms with Crippen molar-refractivity contribution >= 4 is 11.9 Å². The van der Waals surface area contributed by atoms with Gasteiger partial charge in [-0.25, -0.2) is 13.6 Å². The van der Waals surface area contributed by atoms with Gasteiger partial charge in [-0.2, -0.15) is 0 Å². The van der Waals surface area contributed by atoms with Gasteiger partial charge in [-0.1, -0.05) is 48.5 Å². The number of fused-ring (bicyclic) bond motifs is 4. The smallest absolute Gasteiger partial charge is 0.410 e. The van der Waals surface area contributed by atoms with Gasteiger partial charge in [0.2, 0.25) is 6.43 Å². The normalized spacial score (nSPS) is 25.3. The molecule has 3 aliphatic rings. The molecule has 2 aromatic rings. The number of likely N-dealkylation sites (tertiary alicyclic amines) is 1. The van der Waals surface area contributed by atoms with Gasteiger partial charge in [0.15, 0.2) is 5.78 Å². The van der Waals surface area contributed by atoms with E-state index < -0.39 is 30.6 Å². The van der Waals surface area contributed by atoms with Crippen molar-refractivity contribution in [3.63, 3.8) is 0 Å². The zero-order chi connectivity index (χ0) is 20.1. The number of halogens is 2. The standard InChI is InChI=1S/C22H19F2NO4/c23-21(24)16-9-25(19-18(26)11-28-20(16)19)22(27)29-10-17-14-7-3-1-5-12(14)13-6-2-4-8-15(13)17/h1-8,16-17,19-21H,9-11H2/t16-,19-,20-/m1/s1. The van der Waals surface area contributed by atoms with Crippen molar-refractivity contribution in [2.24, 2.45) is 5.92 Å². The Labute approximate surface area is 166 Å². The molecule has 0 aromatic heterocycles. The summed E-state index contributed by atoms with van der Waals surface area (Å²) in [6.45, 7) is -0.406. The summed E-state index contributed by atoms with van der Waals surface area (Å²) in [4.78, 5) is 26.0. The third-order valence-electron chi connectivity index (χ3n) is 6.12. The average Bonchev–Trinajstić information content (AvgIpc) is 3.38. The molecule has 3 atom stereocenters. The Kier molecular flexibility index (Phi) is 4.35. The fourth-order valence-corrected chi connectivity index (χ4v) is 4.78. The van der Waals surface area contributed by atoms with Gasteiger partial charge in [-0.3, -0.25) is 9.69 Å². The summed E-state index contributed by atoms with van der Waals surface area (Å²) in [5, 5.41) is 0. The summed E-state index contributed by atoms with van der Waals surface area (Å²) in [7, 11) is 0. The van der Waals surface area contributed by atoms with Crippen molar-refractivity contribution in [1.82, 2.24) is 4.90 Å². The molecule has 0 saturated carbocycles. The van der Waals surface area contributed by atoms with Crippen molar-refractivity contribution in [2.75, 3.05) is 19.8 Å². The molecule has 0 spiro atoms. The summed E-state index contributed by atoms with van der Waals surface area (Å²) < 4.78 is 37.4. The van der Waals surface area contributed by atoms with Crippen molar-refractivity contribution in [1.29, 1.82) is 0 Å². The van der Waals surface area contributed by atoms with Gasteiger partial charge < -0.3 is 9.47 Å². The molecule has 2 aliphatic heterocycles. The first-order valence-electron chi connectivity index (χ1n) is 9.60. The molecule has 0 radical (unpaired) electrons. The second kappa shape index (κ2) is 6.91. The number of ether oxygens (including phenoxy) is 2. The van der Waals surface area contributed by atoms with Crippen LogP contribution in [0.15, 0.2) is 48.5 Å². The van der Waals surface area contributed by atoms with Crippen LogP contribution in [-0.2, 0) is 14.3 Å². The van der Waals surface area contributed by atoms with Crippen molar-refractivity contribution in [2.45, 2.75) is 24.5 Å². The van der Waals surface area contributed by atoms with E-state index in [1.54, 1.807) is 0 Å². The number of ketones is 1. The fraction of sp³-hybridized carbons (Fsp3) is 0.364. The quantitative estimate of drug-likeness (QED) is 0.793. The molecule has 7 heteroatoms. The predicted molar refractivity (Wildman–Crippen MR) is 99.8 cm³/mol. The van der Waals surface area contributed by atoms with Gasteiger partial charge in [0.1, 0.15) is 19.3 Å². The zero-order valence-electron chi connectivity index (χ0n) is 15.5. The SMILES string of the molecule is O=C1CO[C@H]2[C@@H]1N(C(=O)OCC1c3ccccc3-c3ccccc31)C[C@H]2C(F)F. The minimum atomic E-state index is -2.67. The molecule has 2 aromatic carbocycles.